The third kappa shape index (κ3) is 1.53. The lowest BCUT2D eigenvalue weighted by Crippen LogP contribution is -2.26. The second-order valence-electron chi connectivity index (χ2n) is 4.62. The van der Waals surface area contributed by atoms with E-state index in [1.807, 2.05) is 19.1 Å². The van der Waals surface area contributed by atoms with E-state index in [1.54, 1.807) is 0 Å². The van der Waals surface area contributed by atoms with Crippen molar-refractivity contribution in [3.05, 3.63) is 57.1 Å². The summed E-state index contributed by atoms with van der Waals surface area (Å²) in [5.74, 6) is 1.23. The van der Waals surface area contributed by atoms with E-state index in [2.05, 4.69) is 22.1 Å². The topological polar surface area (TPSA) is 71.8 Å². The molecule has 0 aliphatic heterocycles. The number of H-pyrrole nitrogens is 1. The molecule has 1 atom stereocenters. The van der Waals surface area contributed by atoms with Crippen molar-refractivity contribution >= 4 is 5.82 Å². The first-order chi connectivity index (χ1) is 8.70. The van der Waals surface area contributed by atoms with Crippen molar-refractivity contribution in [2.24, 2.45) is 0 Å². The highest BCUT2D eigenvalue weighted by Crippen LogP contribution is 2.38. The highest BCUT2D eigenvalue weighted by molar-refractivity contribution is 5.46. The molecule has 0 radical (unpaired) electrons. The molecule has 3 rings (SSSR count). The SMILES string of the molecule is CCc1c(N)nc(C2Cc3ccccc32)[nH]c1=O. The second-order valence-corrected chi connectivity index (χ2v) is 4.62. The standard InChI is InChI=1S/C14H15N3O/c1-2-9-12(15)16-13(17-14(9)18)11-7-8-5-3-4-6-10(8)11/h3-6,11H,2,7H2,1H3,(H3,15,16,17,18). The Morgan fingerprint density at radius 3 is 2.89 bits per heavy atom. The molecule has 0 bridgehead atoms. The van der Waals surface area contributed by atoms with Crippen LogP contribution in [0.25, 0.3) is 0 Å². The number of anilines is 1. The molecular formula is C14H15N3O. The number of hydrogen-bond acceptors (Lipinski definition) is 3. The molecule has 1 aliphatic rings. The zero-order chi connectivity index (χ0) is 12.7. The van der Waals surface area contributed by atoms with E-state index < -0.39 is 0 Å². The van der Waals surface area contributed by atoms with Crippen LogP contribution in [0.1, 0.15) is 35.4 Å². The van der Waals surface area contributed by atoms with Gasteiger partial charge in [-0.25, -0.2) is 4.98 Å². The Kier molecular flexibility index (Phi) is 2.44. The molecule has 0 saturated carbocycles. The Morgan fingerprint density at radius 2 is 2.22 bits per heavy atom. The van der Waals surface area contributed by atoms with Gasteiger partial charge in [-0.15, -0.1) is 0 Å². The number of aromatic nitrogens is 2. The molecule has 0 amide bonds. The minimum absolute atomic E-state index is 0.107. The van der Waals surface area contributed by atoms with Crippen LogP contribution in [0.2, 0.25) is 0 Å². The largest absolute Gasteiger partial charge is 0.383 e. The monoisotopic (exact) mass is 241 g/mol. The molecule has 1 aromatic carbocycles. The molecule has 1 aromatic heterocycles. The maximum atomic E-state index is 11.9. The van der Waals surface area contributed by atoms with Gasteiger partial charge in [0.15, 0.2) is 0 Å². The number of nitrogens with one attached hydrogen (secondary N) is 1. The molecule has 1 heterocycles. The number of rotatable bonds is 2. The first-order valence-electron chi connectivity index (χ1n) is 6.17. The van der Waals surface area contributed by atoms with Gasteiger partial charge in [0.2, 0.25) is 0 Å². The number of nitrogens with two attached hydrogens (primary N) is 1. The van der Waals surface area contributed by atoms with E-state index in [9.17, 15) is 4.79 Å². The van der Waals surface area contributed by atoms with Gasteiger partial charge in [-0.1, -0.05) is 31.2 Å². The third-order valence-corrected chi connectivity index (χ3v) is 3.60. The van der Waals surface area contributed by atoms with Gasteiger partial charge in [0.1, 0.15) is 11.6 Å². The number of hydrogen-bond donors (Lipinski definition) is 2. The summed E-state index contributed by atoms with van der Waals surface area (Å²) in [7, 11) is 0. The van der Waals surface area contributed by atoms with E-state index in [4.69, 9.17) is 5.73 Å². The van der Waals surface area contributed by atoms with Gasteiger partial charge in [-0.2, -0.15) is 0 Å². The van der Waals surface area contributed by atoms with Crippen molar-refractivity contribution in [1.29, 1.82) is 0 Å². The summed E-state index contributed by atoms with van der Waals surface area (Å²) < 4.78 is 0. The molecule has 18 heavy (non-hydrogen) atoms. The Hall–Kier alpha value is -2.10. The first kappa shape index (κ1) is 11.0. The second kappa shape index (κ2) is 3.98. The van der Waals surface area contributed by atoms with E-state index in [-0.39, 0.29) is 11.5 Å². The number of aromatic amines is 1. The van der Waals surface area contributed by atoms with Crippen LogP contribution in [-0.2, 0) is 12.8 Å². The Morgan fingerprint density at radius 1 is 1.44 bits per heavy atom. The van der Waals surface area contributed by atoms with Gasteiger partial charge >= 0.3 is 0 Å². The number of nitrogen functional groups attached to an aromatic ring is 1. The van der Waals surface area contributed by atoms with Crippen LogP contribution in [0.5, 0.6) is 0 Å². The molecule has 2 aromatic rings. The van der Waals surface area contributed by atoms with E-state index in [0.717, 1.165) is 6.42 Å². The fourth-order valence-corrected chi connectivity index (χ4v) is 2.54. The van der Waals surface area contributed by atoms with Gasteiger partial charge in [0.25, 0.3) is 5.56 Å². The van der Waals surface area contributed by atoms with Gasteiger partial charge in [-0.05, 0) is 24.0 Å². The predicted octanol–water partition coefficient (Wildman–Crippen LogP) is 1.60. The zero-order valence-corrected chi connectivity index (χ0v) is 10.2. The van der Waals surface area contributed by atoms with E-state index >= 15 is 0 Å². The van der Waals surface area contributed by atoms with Gasteiger partial charge < -0.3 is 10.7 Å². The zero-order valence-electron chi connectivity index (χ0n) is 10.2. The highest BCUT2D eigenvalue weighted by Gasteiger charge is 2.29. The van der Waals surface area contributed by atoms with Crippen molar-refractivity contribution in [2.75, 3.05) is 5.73 Å². The summed E-state index contributed by atoms with van der Waals surface area (Å²) in [6, 6.07) is 8.22. The van der Waals surface area contributed by atoms with Crippen LogP contribution in [0.4, 0.5) is 5.82 Å². The van der Waals surface area contributed by atoms with Crippen LogP contribution in [0.3, 0.4) is 0 Å². The maximum Gasteiger partial charge on any atom is 0.256 e. The predicted molar refractivity (Wildman–Crippen MR) is 70.6 cm³/mol. The van der Waals surface area contributed by atoms with Gasteiger partial charge in [0.05, 0.1) is 5.56 Å². The summed E-state index contributed by atoms with van der Waals surface area (Å²) in [6.07, 6.45) is 1.53. The first-order valence-corrected chi connectivity index (χ1v) is 6.17. The lowest BCUT2D eigenvalue weighted by atomic mass is 9.77. The van der Waals surface area contributed by atoms with Gasteiger partial charge in [-0.3, -0.25) is 4.79 Å². The summed E-state index contributed by atoms with van der Waals surface area (Å²) in [5.41, 5.74) is 8.87. The number of benzene rings is 1. The average molecular weight is 241 g/mol. The number of nitrogens with zero attached hydrogens (tertiary/aromatic N) is 1. The smallest absolute Gasteiger partial charge is 0.256 e. The molecule has 4 heteroatoms. The summed E-state index contributed by atoms with van der Waals surface area (Å²) in [6.45, 7) is 1.90. The molecule has 1 aliphatic carbocycles. The molecule has 92 valence electrons. The Bertz CT molecular complexity index is 660. The average Bonchev–Trinajstić information content (AvgIpc) is 2.30. The molecular weight excluding hydrogens is 226 g/mol. The van der Waals surface area contributed by atoms with E-state index in [1.165, 1.54) is 11.1 Å². The van der Waals surface area contributed by atoms with Crippen molar-refractivity contribution in [2.45, 2.75) is 25.7 Å². The summed E-state index contributed by atoms with van der Waals surface area (Å²) in [5, 5.41) is 0. The van der Waals surface area contributed by atoms with Crippen molar-refractivity contribution < 1.29 is 0 Å². The molecule has 0 saturated heterocycles. The van der Waals surface area contributed by atoms with Crippen LogP contribution >= 0.6 is 0 Å². The van der Waals surface area contributed by atoms with Crippen LogP contribution in [-0.4, -0.2) is 9.97 Å². The fraction of sp³-hybridized carbons (Fsp3) is 0.286. The number of fused-ring (bicyclic) bond motifs is 1. The Balaban J connectivity index is 2.04. The fourth-order valence-electron chi connectivity index (χ4n) is 2.54. The molecule has 0 spiro atoms. The molecule has 4 nitrogen and oxygen atoms in total. The summed E-state index contributed by atoms with van der Waals surface area (Å²) >= 11 is 0. The Labute approximate surface area is 105 Å². The quantitative estimate of drug-likeness (QED) is 0.839. The minimum atomic E-state index is -0.107. The lowest BCUT2D eigenvalue weighted by molar-refractivity contribution is 0.655. The van der Waals surface area contributed by atoms with E-state index in [0.29, 0.717) is 23.6 Å². The van der Waals surface area contributed by atoms with Crippen molar-refractivity contribution in [3.8, 4) is 0 Å². The third-order valence-electron chi connectivity index (χ3n) is 3.60. The van der Waals surface area contributed by atoms with Crippen molar-refractivity contribution in [1.82, 2.24) is 9.97 Å². The molecule has 0 fully saturated rings. The molecule has 1 unspecified atom stereocenters. The normalized spacial score (nSPS) is 17.1. The lowest BCUT2D eigenvalue weighted by Gasteiger charge is -2.29. The van der Waals surface area contributed by atoms with Crippen LogP contribution < -0.4 is 11.3 Å². The van der Waals surface area contributed by atoms with Crippen LogP contribution in [0, 0.1) is 0 Å². The summed E-state index contributed by atoms with van der Waals surface area (Å²) in [4.78, 5) is 19.1. The van der Waals surface area contributed by atoms with Crippen molar-refractivity contribution in [3.63, 3.8) is 0 Å². The maximum absolute atomic E-state index is 11.9. The molecule has 3 N–H and O–H groups in total. The van der Waals surface area contributed by atoms with Crippen LogP contribution in [0.15, 0.2) is 29.1 Å². The minimum Gasteiger partial charge on any atom is -0.383 e. The van der Waals surface area contributed by atoms with Gasteiger partial charge in [0, 0.05) is 5.92 Å². The highest BCUT2D eigenvalue weighted by atomic mass is 16.1.